The normalized spacial score (nSPS) is 15.7. The summed E-state index contributed by atoms with van der Waals surface area (Å²) < 4.78 is 6.41. The number of H-pyrrole nitrogens is 2. The molecule has 0 amide bonds. The zero-order valence-electron chi connectivity index (χ0n) is 17.5. The summed E-state index contributed by atoms with van der Waals surface area (Å²) in [5, 5.41) is 15.9. The fourth-order valence-electron chi connectivity index (χ4n) is 4.34. The maximum atomic E-state index is 12.9. The molecular formula is C23H21ClN4O4. The summed E-state index contributed by atoms with van der Waals surface area (Å²) >= 11 is 6.23. The van der Waals surface area contributed by atoms with Crippen LogP contribution in [0.1, 0.15) is 28.4 Å². The van der Waals surface area contributed by atoms with Crippen LogP contribution in [0.15, 0.2) is 46.0 Å². The Labute approximate surface area is 187 Å². The third-order valence-electron chi connectivity index (χ3n) is 5.98. The number of aromatic amines is 2. The van der Waals surface area contributed by atoms with Gasteiger partial charge in [-0.1, -0.05) is 17.7 Å². The van der Waals surface area contributed by atoms with E-state index < -0.39 is 23.2 Å². The van der Waals surface area contributed by atoms with E-state index >= 15 is 0 Å². The second kappa shape index (κ2) is 7.58. The molecule has 1 aliphatic rings. The number of aromatic hydroxyl groups is 1. The number of hydrogen-bond donors (Lipinski definition) is 4. The third kappa shape index (κ3) is 3.11. The molecule has 32 heavy (non-hydrogen) atoms. The number of halogens is 1. The van der Waals surface area contributed by atoms with Gasteiger partial charge in [0.25, 0.3) is 5.56 Å². The molecular weight excluding hydrogens is 432 g/mol. The van der Waals surface area contributed by atoms with Crippen molar-refractivity contribution in [1.82, 2.24) is 19.9 Å². The summed E-state index contributed by atoms with van der Waals surface area (Å²) in [5.74, 6) is 0.306. The molecule has 8 nitrogen and oxygen atoms in total. The first-order valence-corrected chi connectivity index (χ1v) is 10.5. The van der Waals surface area contributed by atoms with E-state index in [1.807, 2.05) is 25.1 Å². The first-order valence-electron chi connectivity index (χ1n) is 10.2. The maximum absolute atomic E-state index is 12.9. The molecule has 9 heteroatoms. The molecule has 4 N–H and O–H groups in total. The van der Waals surface area contributed by atoms with Crippen molar-refractivity contribution in [2.24, 2.45) is 0 Å². The molecule has 0 radical (unpaired) electrons. The average Bonchev–Trinajstić information content (AvgIpc) is 3.14. The van der Waals surface area contributed by atoms with Crippen LogP contribution in [-0.4, -0.2) is 33.3 Å². The predicted octanol–water partition coefficient (Wildman–Crippen LogP) is 2.92. The molecule has 1 atom stereocenters. The largest absolute Gasteiger partial charge is 0.497 e. The van der Waals surface area contributed by atoms with E-state index in [0.29, 0.717) is 17.3 Å². The number of aromatic nitrogens is 3. The van der Waals surface area contributed by atoms with Gasteiger partial charge in [0, 0.05) is 28.2 Å². The molecule has 0 spiro atoms. The first-order chi connectivity index (χ1) is 15.4. The summed E-state index contributed by atoms with van der Waals surface area (Å²) in [6.45, 7) is 2.43. The summed E-state index contributed by atoms with van der Waals surface area (Å²) in [6.07, 6.45) is 0.741. The van der Waals surface area contributed by atoms with E-state index in [4.69, 9.17) is 16.3 Å². The Morgan fingerprint density at radius 3 is 2.72 bits per heavy atom. The molecule has 0 aliphatic carbocycles. The highest BCUT2D eigenvalue weighted by atomic mass is 35.5. The van der Waals surface area contributed by atoms with Crippen molar-refractivity contribution in [2.45, 2.75) is 19.4 Å². The molecule has 4 aromatic rings. The van der Waals surface area contributed by atoms with Gasteiger partial charge in [0.2, 0.25) is 5.88 Å². The topological polar surface area (TPSA) is 112 Å². The van der Waals surface area contributed by atoms with Crippen molar-refractivity contribution >= 4 is 22.5 Å². The van der Waals surface area contributed by atoms with Crippen LogP contribution in [0.3, 0.4) is 0 Å². The standard InChI is InChI=1S/C23H21ClN4O4/c1-11-3-4-12(9-16(11)24)28-22(30)18(21(29)27-23(28)31)20-19-14(7-8-25-20)15-10-13(32-2)5-6-17(15)26-19/h3-6,9-10,20,25-26,30H,7-8H2,1-2H3,(H,27,29,31)/t20-/m0/s1. The lowest BCUT2D eigenvalue weighted by Gasteiger charge is -2.25. The van der Waals surface area contributed by atoms with Gasteiger partial charge in [-0.15, -0.1) is 0 Å². The lowest BCUT2D eigenvalue weighted by molar-refractivity contribution is 0.409. The SMILES string of the molecule is COc1ccc2[nH]c3c(c2c1)CCN[C@H]3c1c(O)n(-c2ccc(C)c(Cl)c2)c(=O)[nH]c1=O. The number of fused-ring (bicyclic) bond motifs is 3. The minimum absolute atomic E-state index is 0.0563. The molecule has 2 aromatic carbocycles. The predicted molar refractivity (Wildman–Crippen MR) is 122 cm³/mol. The average molecular weight is 453 g/mol. The van der Waals surface area contributed by atoms with E-state index in [2.05, 4.69) is 15.3 Å². The number of nitrogens with zero attached hydrogens (tertiary/aromatic N) is 1. The van der Waals surface area contributed by atoms with Crippen LogP contribution in [0.4, 0.5) is 0 Å². The van der Waals surface area contributed by atoms with Crippen LogP contribution >= 0.6 is 11.6 Å². The number of methoxy groups -OCH3 is 1. The zero-order valence-corrected chi connectivity index (χ0v) is 18.2. The van der Waals surface area contributed by atoms with Crippen molar-refractivity contribution in [3.05, 3.63) is 84.6 Å². The summed E-state index contributed by atoms with van der Waals surface area (Å²) in [4.78, 5) is 31.2. The Morgan fingerprint density at radius 1 is 1.16 bits per heavy atom. The molecule has 0 fully saturated rings. The van der Waals surface area contributed by atoms with Gasteiger partial charge in [-0.2, -0.15) is 0 Å². The quantitative estimate of drug-likeness (QED) is 0.382. The van der Waals surface area contributed by atoms with Gasteiger partial charge in [-0.05, 0) is 54.8 Å². The number of aryl methyl sites for hydroxylation is 1. The molecule has 0 saturated heterocycles. The Kier molecular flexibility index (Phi) is 4.83. The number of nitrogens with one attached hydrogen (secondary N) is 3. The van der Waals surface area contributed by atoms with E-state index in [-0.39, 0.29) is 5.56 Å². The van der Waals surface area contributed by atoms with E-state index in [0.717, 1.165) is 44.5 Å². The van der Waals surface area contributed by atoms with Gasteiger partial charge in [0.1, 0.15) is 11.3 Å². The molecule has 3 heterocycles. The highest BCUT2D eigenvalue weighted by Gasteiger charge is 2.31. The van der Waals surface area contributed by atoms with Crippen LogP contribution in [0.25, 0.3) is 16.6 Å². The molecule has 0 saturated carbocycles. The zero-order chi connectivity index (χ0) is 22.6. The van der Waals surface area contributed by atoms with Gasteiger partial charge in [-0.3, -0.25) is 9.78 Å². The molecule has 0 unspecified atom stereocenters. The summed E-state index contributed by atoms with van der Waals surface area (Å²) in [5.41, 5.74) is 2.57. The van der Waals surface area contributed by atoms with Crippen molar-refractivity contribution in [3.63, 3.8) is 0 Å². The molecule has 2 aromatic heterocycles. The molecule has 1 aliphatic heterocycles. The van der Waals surface area contributed by atoms with Gasteiger partial charge in [0.05, 0.1) is 18.8 Å². The van der Waals surface area contributed by atoms with Gasteiger partial charge < -0.3 is 20.1 Å². The van der Waals surface area contributed by atoms with Crippen LogP contribution in [0.5, 0.6) is 11.6 Å². The van der Waals surface area contributed by atoms with Gasteiger partial charge in [0.15, 0.2) is 0 Å². The lowest BCUT2D eigenvalue weighted by atomic mass is 9.95. The molecule has 164 valence electrons. The lowest BCUT2D eigenvalue weighted by Crippen LogP contribution is -2.38. The monoisotopic (exact) mass is 452 g/mol. The fraction of sp³-hybridized carbons (Fsp3) is 0.217. The van der Waals surface area contributed by atoms with Gasteiger partial charge in [-0.25, -0.2) is 9.36 Å². The maximum Gasteiger partial charge on any atom is 0.335 e. The second-order valence-electron chi connectivity index (χ2n) is 7.83. The van der Waals surface area contributed by atoms with Crippen LogP contribution in [-0.2, 0) is 6.42 Å². The first kappa shape index (κ1) is 20.4. The number of benzene rings is 2. The summed E-state index contributed by atoms with van der Waals surface area (Å²) in [7, 11) is 1.61. The minimum atomic E-state index is -0.742. The van der Waals surface area contributed by atoms with Crippen molar-refractivity contribution in [3.8, 4) is 17.3 Å². The highest BCUT2D eigenvalue weighted by Crippen LogP contribution is 2.36. The Hall–Kier alpha value is -3.49. The number of ether oxygens (including phenoxy) is 1. The van der Waals surface area contributed by atoms with E-state index in [1.165, 1.54) is 0 Å². The Morgan fingerprint density at radius 2 is 1.97 bits per heavy atom. The fourth-order valence-corrected chi connectivity index (χ4v) is 4.51. The van der Waals surface area contributed by atoms with Crippen LogP contribution in [0.2, 0.25) is 5.02 Å². The molecule has 5 rings (SSSR count). The van der Waals surface area contributed by atoms with E-state index in [1.54, 1.807) is 25.3 Å². The smallest absolute Gasteiger partial charge is 0.335 e. The minimum Gasteiger partial charge on any atom is -0.497 e. The van der Waals surface area contributed by atoms with Crippen molar-refractivity contribution in [2.75, 3.05) is 13.7 Å². The number of hydrogen-bond acceptors (Lipinski definition) is 5. The van der Waals surface area contributed by atoms with E-state index in [9.17, 15) is 14.7 Å². The third-order valence-corrected chi connectivity index (χ3v) is 6.39. The van der Waals surface area contributed by atoms with Crippen molar-refractivity contribution < 1.29 is 9.84 Å². The Balaban J connectivity index is 1.72. The van der Waals surface area contributed by atoms with Gasteiger partial charge >= 0.3 is 5.69 Å². The van der Waals surface area contributed by atoms with Crippen molar-refractivity contribution in [1.29, 1.82) is 0 Å². The highest BCUT2D eigenvalue weighted by molar-refractivity contribution is 6.31. The van der Waals surface area contributed by atoms with Crippen LogP contribution in [0, 0.1) is 6.92 Å². The summed E-state index contributed by atoms with van der Waals surface area (Å²) in [6, 6.07) is 10.1. The molecule has 0 bridgehead atoms. The van der Waals surface area contributed by atoms with Crippen LogP contribution < -0.4 is 21.3 Å². The number of rotatable bonds is 3. The Bertz CT molecular complexity index is 1480. The second-order valence-corrected chi connectivity index (χ2v) is 8.24.